The van der Waals surface area contributed by atoms with Crippen LogP contribution >= 0.6 is 0 Å². The predicted molar refractivity (Wildman–Crippen MR) is 104 cm³/mol. The molecular formula is C21H30N4O. The molecule has 0 aliphatic carbocycles. The lowest BCUT2D eigenvalue weighted by Gasteiger charge is -2.39. The molecule has 3 rings (SSSR count). The molecule has 0 saturated carbocycles. The van der Waals surface area contributed by atoms with Gasteiger partial charge in [-0.2, -0.15) is 5.10 Å². The molecule has 1 saturated heterocycles. The van der Waals surface area contributed by atoms with Crippen molar-refractivity contribution >= 4 is 5.91 Å². The molecule has 26 heavy (non-hydrogen) atoms. The van der Waals surface area contributed by atoms with Crippen LogP contribution < -0.4 is 5.32 Å². The lowest BCUT2D eigenvalue weighted by molar-refractivity contribution is -0.120. The quantitative estimate of drug-likeness (QED) is 0.898. The monoisotopic (exact) mass is 354 g/mol. The Morgan fingerprint density at radius 3 is 2.81 bits per heavy atom. The first kappa shape index (κ1) is 18.6. The van der Waals surface area contributed by atoms with Crippen molar-refractivity contribution in [3.63, 3.8) is 0 Å². The molecule has 5 nitrogen and oxygen atoms in total. The largest absolute Gasteiger partial charge is 0.355 e. The van der Waals surface area contributed by atoms with E-state index in [-0.39, 0.29) is 5.91 Å². The van der Waals surface area contributed by atoms with Gasteiger partial charge in [-0.25, -0.2) is 0 Å². The number of carbonyl (C=O) groups excluding carboxylic acids is 1. The summed E-state index contributed by atoms with van der Waals surface area (Å²) in [6, 6.07) is 8.69. The molecule has 1 fully saturated rings. The Hall–Kier alpha value is -2.14. The Morgan fingerprint density at radius 2 is 2.08 bits per heavy atom. The van der Waals surface area contributed by atoms with Crippen molar-refractivity contribution in [2.24, 2.45) is 13.0 Å². The second kappa shape index (κ2) is 8.04. The average Bonchev–Trinajstić information content (AvgIpc) is 3.02. The molecule has 0 radical (unpaired) electrons. The number of amides is 1. The van der Waals surface area contributed by atoms with E-state index in [9.17, 15) is 4.79 Å². The molecule has 1 aliphatic heterocycles. The molecular weight excluding hydrogens is 324 g/mol. The molecule has 2 aromatic rings. The highest BCUT2D eigenvalue weighted by Crippen LogP contribution is 2.34. The van der Waals surface area contributed by atoms with E-state index in [2.05, 4.69) is 60.5 Å². The third-order valence-corrected chi connectivity index (χ3v) is 5.59. The number of carbonyl (C=O) groups is 1. The Labute approximate surface area is 156 Å². The minimum atomic E-state index is 0.107. The van der Waals surface area contributed by atoms with Crippen LogP contribution in [0.3, 0.4) is 0 Å². The SMILES string of the molecule is Cc1ccc(C)c(CC(=O)NC[C@@H]2CCCN(C)[C@H]2c2ccnn2C)c1. The smallest absolute Gasteiger partial charge is 0.224 e. The van der Waals surface area contributed by atoms with E-state index >= 15 is 0 Å². The zero-order valence-corrected chi connectivity index (χ0v) is 16.3. The Balaban J connectivity index is 1.64. The van der Waals surface area contributed by atoms with Crippen LogP contribution in [0.1, 0.15) is 41.3 Å². The van der Waals surface area contributed by atoms with Gasteiger partial charge < -0.3 is 5.32 Å². The maximum atomic E-state index is 12.5. The van der Waals surface area contributed by atoms with Crippen LogP contribution in [-0.4, -0.2) is 40.7 Å². The number of piperidine rings is 1. The molecule has 1 aliphatic rings. The fraction of sp³-hybridized carbons (Fsp3) is 0.524. The van der Waals surface area contributed by atoms with Gasteiger partial charge in [-0.3, -0.25) is 14.4 Å². The van der Waals surface area contributed by atoms with Gasteiger partial charge >= 0.3 is 0 Å². The topological polar surface area (TPSA) is 50.2 Å². The van der Waals surface area contributed by atoms with Gasteiger partial charge in [-0.05, 0) is 63.4 Å². The second-order valence-electron chi connectivity index (χ2n) is 7.62. The first-order valence-corrected chi connectivity index (χ1v) is 9.46. The van der Waals surface area contributed by atoms with Crippen LogP contribution in [0.25, 0.3) is 0 Å². The molecule has 1 amide bonds. The highest BCUT2D eigenvalue weighted by Gasteiger charge is 2.32. The first-order valence-electron chi connectivity index (χ1n) is 9.46. The van der Waals surface area contributed by atoms with E-state index in [0.717, 1.165) is 18.5 Å². The van der Waals surface area contributed by atoms with Crippen molar-refractivity contribution in [3.05, 3.63) is 52.8 Å². The van der Waals surface area contributed by atoms with E-state index in [1.165, 1.54) is 23.2 Å². The molecule has 1 aromatic carbocycles. The minimum absolute atomic E-state index is 0.107. The molecule has 0 bridgehead atoms. The number of hydrogen-bond donors (Lipinski definition) is 1. The van der Waals surface area contributed by atoms with Gasteiger partial charge in [-0.1, -0.05) is 23.8 Å². The minimum Gasteiger partial charge on any atom is -0.355 e. The fourth-order valence-electron chi connectivity index (χ4n) is 4.09. The van der Waals surface area contributed by atoms with Gasteiger partial charge in [0, 0.05) is 19.8 Å². The normalized spacial score (nSPS) is 20.9. The summed E-state index contributed by atoms with van der Waals surface area (Å²) < 4.78 is 1.96. The van der Waals surface area contributed by atoms with Crippen molar-refractivity contribution in [2.75, 3.05) is 20.1 Å². The molecule has 1 N–H and O–H groups in total. The van der Waals surface area contributed by atoms with Crippen molar-refractivity contribution in [1.82, 2.24) is 20.0 Å². The van der Waals surface area contributed by atoms with E-state index in [4.69, 9.17) is 0 Å². The summed E-state index contributed by atoms with van der Waals surface area (Å²) in [6.07, 6.45) is 4.60. The number of aryl methyl sites for hydroxylation is 3. The van der Waals surface area contributed by atoms with Crippen molar-refractivity contribution in [3.8, 4) is 0 Å². The summed E-state index contributed by atoms with van der Waals surface area (Å²) in [6.45, 7) is 5.93. The standard InChI is InChI=1S/C21H30N4O/c1-15-7-8-16(2)18(12-15)13-20(26)22-14-17-6-5-11-24(3)21(17)19-9-10-23-25(19)4/h7-10,12,17,21H,5-6,11,13-14H2,1-4H3,(H,22,26)/t17-,21+/m0/s1. The number of nitrogens with one attached hydrogen (secondary N) is 1. The van der Waals surface area contributed by atoms with Crippen LogP contribution in [0.15, 0.2) is 30.5 Å². The molecule has 2 heterocycles. The number of benzene rings is 1. The van der Waals surface area contributed by atoms with Gasteiger partial charge in [0.15, 0.2) is 0 Å². The van der Waals surface area contributed by atoms with E-state index in [0.29, 0.717) is 24.9 Å². The number of hydrogen-bond acceptors (Lipinski definition) is 3. The summed E-state index contributed by atoms with van der Waals surface area (Å²) in [5.74, 6) is 0.516. The van der Waals surface area contributed by atoms with Crippen LogP contribution in [0, 0.1) is 19.8 Å². The summed E-state index contributed by atoms with van der Waals surface area (Å²) in [4.78, 5) is 14.9. The first-order chi connectivity index (χ1) is 12.5. The zero-order chi connectivity index (χ0) is 18.7. The van der Waals surface area contributed by atoms with Crippen molar-refractivity contribution in [2.45, 2.75) is 39.2 Å². The van der Waals surface area contributed by atoms with E-state index in [1.807, 2.05) is 17.9 Å². The van der Waals surface area contributed by atoms with Gasteiger partial charge in [0.1, 0.15) is 0 Å². The van der Waals surface area contributed by atoms with Gasteiger partial charge in [0.05, 0.1) is 18.2 Å². The van der Waals surface area contributed by atoms with E-state index < -0.39 is 0 Å². The molecule has 1 aromatic heterocycles. The molecule has 2 atom stereocenters. The van der Waals surface area contributed by atoms with Gasteiger partial charge in [0.2, 0.25) is 5.91 Å². The van der Waals surface area contributed by atoms with E-state index in [1.54, 1.807) is 0 Å². The number of rotatable bonds is 5. The van der Waals surface area contributed by atoms with Crippen LogP contribution in [0.4, 0.5) is 0 Å². The summed E-state index contributed by atoms with van der Waals surface area (Å²) in [5.41, 5.74) is 4.71. The fourth-order valence-corrected chi connectivity index (χ4v) is 4.09. The maximum absolute atomic E-state index is 12.5. The number of likely N-dealkylation sites (tertiary alicyclic amines) is 1. The summed E-state index contributed by atoms with van der Waals surface area (Å²) in [5, 5.41) is 7.52. The molecule has 5 heteroatoms. The molecule has 140 valence electrons. The summed E-state index contributed by atoms with van der Waals surface area (Å²) >= 11 is 0. The lowest BCUT2D eigenvalue weighted by atomic mass is 9.87. The van der Waals surface area contributed by atoms with Crippen LogP contribution in [0.2, 0.25) is 0 Å². The van der Waals surface area contributed by atoms with Crippen molar-refractivity contribution in [1.29, 1.82) is 0 Å². The van der Waals surface area contributed by atoms with Gasteiger partial charge in [-0.15, -0.1) is 0 Å². The Morgan fingerprint density at radius 1 is 1.27 bits per heavy atom. The molecule has 0 spiro atoms. The van der Waals surface area contributed by atoms with Gasteiger partial charge in [0.25, 0.3) is 0 Å². The average molecular weight is 354 g/mol. The molecule has 0 unspecified atom stereocenters. The Kier molecular flexibility index (Phi) is 5.77. The predicted octanol–water partition coefficient (Wildman–Crippen LogP) is 2.78. The van der Waals surface area contributed by atoms with Crippen LogP contribution in [0.5, 0.6) is 0 Å². The zero-order valence-electron chi connectivity index (χ0n) is 16.3. The third-order valence-electron chi connectivity index (χ3n) is 5.59. The highest BCUT2D eigenvalue weighted by atomic mass is 16.1. The van der Waals surface area contributed by atoms with Crippen molar-refractivity contribution < 1.29 is 4.79 Å². The summed E-state index contributed by atoms with van der Waals surface area (Å²) in [7, 11) is 4.16. The lowest BCUT2D eigenvalue weighted by Crippen LogP contribution is -2.42. The highest BCUT2D eigenvalue weighted by molar-refractivity contribution is 5.79. The number of aromatic nitrogens is 2. The van der Waals surface area contributed by atoms with Crippen LogP contribution in [-0.2, 0) is 18.3 Å². The third kappa shape index (κ3) is 4.15. The second-order valence-corrected chi connectivity index (χ2v) is 7.62. The number of nitrogens with zero attached hydrogens (tertiary/aromatic N) is 3. The Bertz CT molecular complexity index is 767. The maximum Gasteiger partial charge on any atom is 0.224 e.